The van der Waals surface area contributed by atoms with Crippen molar-refractivity contribution in [1.29, 1.82) is 0 Å². The Morgan fingerprint density at radius 2 is 2.00 bits per heavy atom. The van der Waals surface area contributed by atoms with Gasteiger partial charge in [0.2, 0.25) is 11.0 Å². The standard InChI is InChI=1S/C16H20N4O3S/c1-10(2)19-20-16-18-12(9-24-16)8-15(21)17-11-5-6-13(22-3)14(7-11)23-4/h5-7,9H,8H2,1-4H3,(H,17,21)(H,18,20). The molecule has 0 aliphatic carbocycles. The molecule has 0 bridgehead atoms. The highest BCUT2D eigenvalue weighted by molar-refractivity contribution is 7.13. The third-order valence-corrected chi connectivity index (χ3v) is 3.73. The fourth-order valence-corrected chi connectivity index (χ4v) is 2.53. The zero-order valence-electron chi connectivity index (χ0n) is 14.0. The SMILES string of the molecule is COc1ccc(NC(=O)Cc2csc(NN=C(C)C)n2)cc1OC. The summed E-state index contributed by atoms with van der Waals surface area (Å²) in [5, 5.41) is 9.38. The van der Waals surface area contributed by atoms with Gasteiger partial charge in [0.05, 0.1) is 26.3 Å². The lowest BCUT2D eigenvalue weighted by Crippen LogP contribution is -2.14. The van der Waals surface area contributed by atoms with Crippen molar-refractivity contribution < 1.29 is 14.3 Å². The molecule has 0 unspecified atom stereocenters. The first kappa shape index (κ1) is 17.7. The molecule has 0 aliphatic heterocycles. The van der Waals surface area contributed by atoms with E-state index in [1.165, 1.54) is 11.3 Å². The number of ether oxygens (including phenoxy) is 2. The molecule has 1 aromatic carbocycles. The molecule has 7 nitrogen and oxygen atoms in total. The zero-order valence-corrected chi connectivity index (χ0v) is 14.9. The van der Waals surface area contributed by atoms with E-state index in [0.717, 1.165) is 5.71 Å². The van der Waals surface area contributed by atoms with E-state index >= 15 is 0 Å². The minimum Gasteiger partial charge on any atom is -0.493 e. The minimum absolute atomic E-state index is 0.158. The van der Waals surface area contributed by atoms with Crippen LogP contribution in [0.15, 0.2) is 28.7 Å². The van der Waals surface area contributed by atoms with Gasteiger partial charge in [0.25, 0.3) is 0 Å². The summed E-state index contributed by atoms with van der Waals surface area (Å²) in [6.45, 7) is 3.77. The molecular formula is C16H20N4O3S. The molecular weight excluding hydrogens is 328 g/mol. The highest BCUT2D eigenvalue weighted by atomic mass is 32.1. The summed E-state index contributed by atoms with van der Waals surface area (Å²) in [6, 6.07) is 5.21. The molecule has 128 valence electrons. The summed E-state index contributed by atoms with van der Waals surface area (Å²) in [5.74, 6) is 1.01. The minimum atomic E-state index is -0.158. The average Bonchev–Trinajstić information content (AvgIpc) is 3.00. The summed E-state index contributed by atoms with van der Waals surface area (Å²) in [4.78, 5) is 16.5. The van der Waals surface area contributed by atoms with E-state index in [1.807, 2.05) is 19.2 Å². The quantitative estimate of drug-likeness (QED) is 0.593. The van der Waals surface area contributed by atoms with Gasteiger partial charge >= 0.3 is 0 Å². The van der Waals surface area contributed by atoms with Gasteiger partial charge in [-0.1, -0.05) is 0 Å². The van der Waals surface area contributed by atoms with Crippen molar-refractivity contribution in [2.75, 3.05) is 25.0 Å². The first-order chi connectivity index (χ1) is 11.5. The van der Waals surface area contributed by atoms with Gasteiger partial charge in [-0.2, -0.15) is 5.10 Å². The van der Waals surface area contributed by atoms with Crippen LogP contribution in [0.5, 0.6) is 11.5 Å². The van der Waals surface area contributed by atoms with Gasteiger partial charge in [-0.25, -0.2) is 4.98 Å². The van der Waals surface area contributed by atoms with Gasteiger partial charge < -0.3 is 14.8 Å². The highest BCUT2D eigenvalue weighted by Gasteiger charge is 2.10. The number of nitrogens with one attached hydrogen (secondary N) is 2. The van der Waals surface area contributed by atoms with Crippen LogP contribution < -0.4 is 20.2 Å². The maximum atomic E-state index is 12.1. The maximum absolute atomic E-state index is 12.1. The first-order valence-electron chi connectivity index (χ1n) is 7.25. The summed E-state index contributed by atoms with van der Waals surface area (Å²) >= 11 is 1.40. The van der Waals surface area contributed by atoms with Crippen LogP contribution in [0.25, 0.3) is 0 Å². The molecule has 0 saturated carbocycles. The molecule has 0 spiro atoms. The zero-order chi connectivity index (χ0) is 17.5. The number of carbonyl (C=O) groups excluding carboxylic acids is 1. The second kappa shape index (κ2) is 8.30. The van der Waals surface area contributed by atoms with Gasteiger partial charge in [-0.05, 0) is 26.0 Å². The fourth-order valence-electron chi connectivity index (χ4n) is 1.88. The first-order valence-corrected chi connectivity index (χ1v) is 8.13. The number of hydrogen-bond acceptors (Lipinski definition) is 7. The fraction of sp³-hybridized carbons (Fsp3) is 0.312. The summed E-state index contributed by atoms with van der Waals surface area (Å²) in [5.41, 5.74) is 5.07. The van der Waals surface area contributed by atoms with E-state index in [-0.39, 0.29) is 12.3 Å². The van der Waals surface area contributed by atoms with E-state index in [4.69, 9.17) is 9.47 Å². The van der Waals surface area contributed by atoms with Gasteiger partial charge in [0.15, 0.2) is 11.5 Å². The third kappa shape index (κ3) is 4.95. The molecule has 0 saturated heterocycles. The van der Waals surface area contributed by atoms with E-state index in [0.29, 0.717) is 28.0 Å². The van der Waals surface area contributed by atoms with Crippen molar-refractivity contribution in [3.05, 3.63) is 29.3 Å². The molecule has 24 heavy (non-hydrogen) atoms. The lowest BCUT2D eigenvalue weighted by Gasteiger charge is -2.10. The number of amides is 1. The number of carbonyl (C=O) groups is 1. The molecule has 1 aromatic heterocycles. The summed E-state index contributed by atoms with van der Waals surface area (Å²) in [7, 11) is 3.11. The van der Waals surface area contributed by atoms with Gasteiger partial charge in [-0.3, -0.25) is 10.2 Å². The second-order valence-electron chi connectivity index (χ2n) is 5.11. The van der Waals surface area contributed by atoms with E-state index < -0.39 is 0 Å². The molecule has 2 N–H and O–H groups in total. The number of hydrazone groups is 1. The lowest BCUT2D eigenvalue weighted by atomic mass is 10.2. The van der Waals surface area contributed by atoms with Crippen molar-refractivity contribution in [3.63, 3.8) is 0 Å². The van der Waals surface area contributed by atoms with Gasteiger partial charge in [-0.15, -0.1) is 11.3 Å². The Kier molecular flexibility index (Phi) is 6.14. The van der Waals surface area contributed by atoms with Crippen molar-refractivity contribution in [3.8, 4) is 11.5 Å². The van der Waals surface area contributed by atoms with Crippen LogP contribution in [0.3, 0.4) is 0 Å². The Labute approximate surface area is 144 Å². The smallest absolute Gasteiger partial charge is 0.230 e. The average molecular weight is 348 g/mol. The van der Waals surface area contributed by atoms with Crippen LogP contribution in [0.1, 0.15) is 19.5 Å². The number of thiazole rings is 1. The number of nitrogens with zero attached hydrogens (tertiary/aromatic N) is 2. The Bertz CT molecular complexity index is 739. The number of benzene rings is 1. The molecule has 1 amide bonds. The van der Waals surface area contributed by atoms with Crippen molar-refractivity contribution in [2.45, 2.75) is 20.3 Å². The predicted molar refractivity (Wildman–Crippen MR) is 96.4 cm³/mol. The van der Waals surface area contributed by atoms with Crippen molar-refractivity contribution in [2.24, 2.45) is 5.10 Å². The topological polar surface area (TPSA) is 84.8 Å². The summed E-state index contributed by atoms with van der Waals surface area (Å²) < 4.78 is 10.4. The lowest BCUT2D eigenvalue weighted by molar-refractivity contribution is -0.115. The molecule has 2 rings (SSSR count). The number of methoxy groups -OCH3 is 2. The van der Waals surface area contributed by atoms with Crippen LogP contribution in [-0.4, -0.2) is 30.8 Å². The van der Waals surface area contributed by atoms with E-state index in [2.05, 4.69) is 20.8 Å². The Morgan fingerprint density at radius 1 is 1.25 bits per heavy atom. The van der Waals surface area contributed by atoms with E-state index in [1.54, 1.807) is 32.4 Å². The van der Waals surface area contributed by atoms with Gasteiger partial charge in [0.1, 0.15) is 0 Å². The number of rotatable bonds is 7. The van der Waals surface area contributed by atoms with Crippen LogP contribution in [0.4, 0.5) is 10.8 Å². The van der Waals surface area contributed by atoms with E-state index in [9.17, 15) is 4.79 Å². The van der Waals surface area contributed by atoms with Crippen LogP contribution in [-0.2, 0) is 11.2 Å². The van der Waals surface area contributed by atoms with Gasteiger partial charge in [0, 0.05) is 22.8 Å². The molecule has 2 aromatic rings. The van der Waals surface area contributed by atoms with Crippen LogP contribution >= 0.6 is 11.3 Å². The molecule has 8 heteroatoms. The predicted octanol–water partition coefficient (Wildman–Crippen LogP) is 3.15. The normalized spacial score (nSPS) is 10.0. The number of aromatic nitrogens is 1. The molecule has 0 fully saturated rings. The third-order valence-electron chi connectivity index (χ3n) is 2.94. The Balaban J connectivity index is 1.97. The molecule has 0 aliphatic rings. The van der Waals surface area contributed by atoms with Crippen molar-refractivity contribution in [1.82, 2.24) is 4.98 Å². The Morgan fingerprint density at radius 3 is 2.67 bits per heavy atom. The second-order valence-corrected chi connectivity index (χ2v) is 5.97. The summed E-state index contributed by atoms with van der Waals surface area (Å²) in [6.07, 6.45) is 0.182. The monoisotopic (exact) mass is 348 g/mol. The molecule has 0 radical (unpaired) electrons. The van der Waals surface area contributed by atoms with Crippen LogP contribution in [0, 0.1) is 0 Å². The molecule has 0 atom stereocenters. The highest BCUT2D eigenvalue weighted by Crippen LogP contribution is 2.29. The largest absolute Gasteiger partial charge is 0.493 e. The maximum Gasteiger partial charge on any atom is 0.230 e. The van der Waals surface area contributed by atoms with Crippen LogP contribution in [0.2, 0.25) is 0 Å². The number of hydrogen-bond donors (Lipinski definition) is 2. The van der Waals surface area contributed by atoms with Crippen molar-refractivity contribution >= 4 is 33.8 Å². The number of anilines is 2. The Hall–Kier alpha value is -2.61. The molecule has 1 heterocycles.